The smallest absolute Gasteiger partial charge is 0.328 e. The van der Waals surface area contributed by atoms with Gasteiger partial charge in [-0.25, -0.2) is 0 Å². The van der Waals surface area contributed by atoms with E-state index in [-0.39, 0.29) is 30.8 Å². The molecule has 2 heterocycles. The van der Waals surface area contributed by atoms with Gasteiger partial charge in [0, 0.05) is 24.9 Å². The summed E-state index contributed by atoms with van der Waals surface area (Å²) in [6.07, 6.45) is 3.35. The summed E-state index contributed by atoms with van der Waals surface area (Å²) in [5, 5.41) is 6.69. The van der Waals surface area contributed by atoms with E-state index in [9.17, 15) is 14.4 Å². The quantitative estimate of drug-likeness (QED) is 0.843. The van der Waals surface area contributed by atoms with E-state index in [0.717, 1.165) is 0 Å². The molecule has 25 heavy (non-hydrogen) atoms. The second-order valence-corrected chi connectivity index (χ2v) is 5.75. The van der Waals surface area contributed by atoms with Crippen LogP contribution in [0.15, 0.2) is 42.7 Å². The molecule has 8 nitrogen and oxygen atoms in total. The van der Waals surface area contributed by atoms with Crippen LogP contribution in [-0.4, -0.2) is 40.2 Å². The van der Waals surface area contributed by atoms with Crippen molar-refractivity contribution in [3.8, 4) is 0 Å². The van der Waals surface area contributed by atoms with E-state index in [1.165, 1.54) is 9.58 Å². The van der Waals surface area contributed by atoms with Crippen LogP contribution in [0.2, 0.25) is 0 Å². The van der Waals surface area contributed by atoms with Crippen LogP contribution in [0.25, 0.3) is 0 Å². The molecule has 1 N–H and O–H groups in total. The second-order valence-electron chi connectivity index (χ2n) is 5.75. The molecule has 1 aromatic heterocycles. The fourth-order valence-electron chi connectivity index (χ4n) is 2.75. The van der Waals surface area contributed by atoms with Crippen molar-refractivity contribution >= 4 is 29.2 Å². The highest BCUT2D eigenvalue weighted by Crippen LogP contribution is 2.31. The van der Waals surface area contributed by atoms with Crippen LogP contribution in [0.4, 0.5) is 11.4 Å². The number of carbonyl (C=O) groups excluding carboxylic acids is 3. The molecule has 0 saturated carbocycles. The molecule has 8 heteroatoms. The predicted octanol–water partition coefficient (Wildman–Crippen LogP) is 1.19. The molecule has 2 amide bonds. The van der Waals surface area contributed by atoms with Crippen molar-refractivity contribution in [2.24, 2.45) is 0 Å². The van der Waals surface area contributed by atoms with Crippen molar-refractivity contribution < 1.29 is 19.1 Å². The largest absolute Gasteiger partial charge is 0.454 e. The number of esters is 1. The van der Waals surface area contributed by atoms with Crippen molar-refractivity contribution in [3.05, 3.63) is 42.7 Å². The molecule has 0 fully saturated rings. The third-order valence-corrected chi connectivity index (χ3v) is 3.83. The molecule has 3 rings (SSSR count). The average molecular weight is 342 g/mol. The number of ether oxygens (including phenoxy) is 1. The first-order valence-corrected chi connectivity index (χ1v) is 7.88. The van der Waals surface area contributed by atoms with Crippen molar-refractivity contribution in [1.82, 2.24) is 9.78 Å². The molecule has 0 saturated heterocycles. The summed E-state index contributed by atoms with van der Waals surface area (Å²) >= 11 is 0. The molecule has 1 unspecified atom stereocenters. The Morgan fingerprint density at radius 1 is 1.32 bits per heavy atom. The van der Waals surface area contributed by atoms with Crippen LogP contribution in [-0.2, 0) is 25.7 Å². The minimum absolute atomic E-state index is 0.0630. The molecule has 0 bridgehead atoms. The molecular weight excluding hydrogens is 324 g/mol. The topological polar surface area (TPSA) is 93.5 Å². The lowest BCUT2D eigenvalue weighted by atomic mass is 10.1. The van der Waals surface area contributed by atoms with E-state index in [1.54, 1.807) is 49.6 Å². The Morgan fingerprint density at radius 3 is 2.88 bits per heavy atom. The normalized spacial score (nSPS) is 16.6. The van der Waals surface area contributed by atoms with E-state index < -0.39 is 12.6 Å². The minimum atomic E-state index is -0.554. The molecule has 1 aromatic carbocycles. The second kappa shape index (κ2) is 7.16. The lowest BCUT2D eigenvalue weighted by molar-refractivity contribution is -0.148. The number of anilines is 2. The Balaban J connectivity index is 1.70. The Kier molecular flexibility index (Phi) is 4.78. The number of nitrogens with one attached hydrogen (secondary N) is 1. The Labute approximate surface area is 144 Å². The zero-order chi connectivity index (χ0) is 17.8. The summed E-state index contributed by atoms with van der Waals surface area (Å²) in [5.41, 5.74) is 1.15. The summed E-state index contributed by atoms with van der Waals surface area (Å²) < 4.78 is 6.48. The molecule has 0 spiro atoms. The van der Waals surface area contributed by atoms with Gasteiger partial charge in [-0.05, 0) is 25.1 Å². The van der Waals surface area contributed by atoms with Crippen molar-refractivity contribution in [1.29, 1.82) is 0 Å². The summed E-state index contributed by atoms with van der Waals surface area (Å²) in [6, 6.07) is 8.39. The van der Waals surface area contributed by atoms with Crippen LogP contribution in [0.3, 0.4) is 0 Å². The maximum absolute atomic E-state index is 12.6. The van der Waals surface area contributed by atoms with Crippen LogP contribution in [0.5, 0.6) is 0 Å². The number of amides is 2. The van der Waals surface area contributed by atoms with Crippen LogP contribution in [0.1, 0.15) is 13.3 Å². The van der Waals surface area contributed by atoms with Gasteiger partial charge in [-0.1, -0.05) is 12.1 Å². The number of rotatable bonds is 4. The van der Waals surface area contributed by atoms with Crippen molar-refractivity contribution in [2.45, 2.75) is 25.9 Å². The SMILES string of the molecule is CC1CC(=O)Nc2ccccc2N1C(=O)COC(=O)Cn1cccn1. The minimum Gasteiger partial charge on any atom is -0.454 e. The highest BCUT2D eigenvalue weighted by Gasteiger charge is 2.30. The number of para-hydroxylation sites is 2. The molecule has 2 aromatic rings. The number of fused-ring (bicyclic) bond motifs is 1. The van der Waals surface area contributed by atoms with Gasteiger partial charge in [0.15, 0.2) is 6.61 Å². The van der Waals surface area contributed by atoms with Gasteiger partial charge in [-0.2, -0.15) is 5.10 Å². The molecule has 0 aliphatic carbocycles. The number of carbonyl (C=O) groups is 3. The highest BCUT2D eigenvalue weighted by atomic mass is 16.5. The van der Waals surface area contributed by atoms with Crippen molar-refractivity contribution in [2.75, 3.05) is 16.8 Å². The van der Waals surface area contributed by atoms with E-state index in [4.69, 9.17) is 4.74 Å². The number of nitrogens with zero attached hydrogens (tertiary/aromatic N) is 3. The molecule has 1 aliphatic heterocycles. The molecule has 1 aliphatic rings. The third-order valence-electron chi connectivity index (χ3n) is 3.83. The zero-order valence-corrected chi connectivity index (χ0v) is 13.7. The van der Waals surface area contributed by atoms with Gasteiger partial charge < -0.3 is 15.0 Å². The van der Waals surface area contributed by atoms with Gasteiger partial charge >= 0.3 is 5.97 Å². The fourth-order valence-corrected chi connectivity index (χ4v) is 2.75. The molecule has 130 valence electrons. The number of aromatic nitrogens is 2. The zero-order valence-electron chi connectivity index (χ0n) is 13.7. The maximum Gasteiger partial charge on any atom is 0.328 e. The van der Waals surface area contributed by atoms with Gasteiger partial charge in [0.1, 0.15) is 6.54 Å². The third kappa shape index (κ3) is 3.85. The van der Waals surface area contributed by atoms with E-state index in [0.29, 0.717) is 11.4 Å². The van der Waals surface area contributed by atoms with Gasteiger partial charge in [0.05, 0.1) is 11.4 Å². The Bertz CT molecular complexity index is 788. The fraction of sp³-hybridized carbons (Fsp3) is 0.294. The summed E-state index contributed by atoms with van der Waals surface area (Å²) in [4.78, 5) is 37.9. The number of hydrogen-bond donors (Lipinski definition) is 1. The van der Waals surface area contributed by atoms with Crippen LogP contribution < -0.4 is 10.2 Å². The maximum atomic E-state index is 12.6. The number of hydrogen-bond acceptors (Lipinski definition) is 5. The Morgan fingerprint density at radius 2 is 2.12 bits per heavy atom. The monoisotopic (exact) mass is 342 g/mol. The lowest BCUT2D eigenvalue weighted by Gasteiger charge is -2.27. The van der Waals surface area contributed by atoms with E-state index in [2.05, 4.69) is 10.4 Å². The number of benzene rings is 1. The van der Waals surface area contributed by atoms with Crippen LogP contribution >= 0.6 is 0 Å². The molecular formula is C17H18N4O4. The average Bonchev–Trinajstić information content (AvgIpc) is 3.03. The standard InChI is InChI=1S/C17H18N4O4/c1-12-9-15(22)19-13-5-2-3-6-14(13)21(12)16(23)11-25-17(24)10-20-8-4-7-18-20/h2-8,12H,9-11H2,1H3,(H,19,22). The highest BCUT2D eigenvalue weighted by molar-refractivity contribution is 6.05. The molecule has 1 atom stereocenters. The summed E-state index contributed by atoms with van der Waals surface area (Å²) in [5.74, 6) is -1.10. The first-order valence-electron chi connectivity index (χ1n) is 7.88. The predicted molar refractivity (Wildman–Crippen MR) is 89.8 cm³/mol. The van der Waals surface area contributed by atoms with E-state index >= 15 is 0 Å². The van der Waals surface area contributed by atoms with Crippen molar-refractivity contribution in [3.63, 3.8) is 0 Å². The lowest BCUT2D eigenvalue weighted by Crippen LogP contribution is -2.41. The van der Waals surface area contributed by atoms with Gasteiger partial charge in [-0.3, -0.25) is 19.1 Å². The van der Waals surface area contributed by atoms with Gasteiger partial charge in [-0.15, -0.1) is 0 Å². The Hall–Kier alpha value is -3.16. The summed E-state index contributed by atoms with van der Waals surface area (Å²) in [7, 11) is 0. The summed E-state index contributed by atoms with van der Waals surface area (Å²) in [6.45, 7) is 1.32. The molecule has 0 radical (unpaired) electrons. The first-order chi connectivity index (χ1) is 12.0. The van der Waals surface area contributed by atoms with Gasteiger partial charge in [0.25, 0.3) is 5.91 Å². The van der Waals surface area contributed by atoms with Crippen LogP contribution in [0, 0.1) is 0 Å². The van der Waals surface area contributed by atoms with E-state index in [1.807, 2.05) is 0 Å². The van der Waals surface area contributed by atoms with Gasteiger partial charge in [0.2, 0.25) is 5.91 Å². The first kappa shape index (κ1) is 16.7.